The molecule has 0 saturated carbocycles. The summed E-state index contributed by atoms with van der Waals surface area (Å²) in [5.41, 5.74) is 4.90. The van der Waals surface area contributed by atoms with Gasteiger partial charge in [0.25, 0.3) is 0 Å². The van der Waals surface area contributed by atoms with E-state index in [1.807, 2.05) is 12.5 Å². The molecule has 0 amide bonds. The molecule has 0 radical (unpaired) electrons. The van der Waals surface area contributed by atoms with Crippen molar-refractivity contribution in [1.29, 1.82) is 0 Å². The highest BCUT2D eigenvalue weighted by atomic mass is 16.5. The van der Waals surface area contributed by atoms with Crippen LogP contribution < -0.4 is 0 Å². The Bertz CT molecular complexity index is 635. The standard InChI is InChI=1S/C15H16N2O2/c1-9-2-3-10-11(4-9)15(12-6-19-7-14(12)18)17-8-16-5-13(10)17/h2-5,8,12,14-15,18H,6-7H2,1H3/t12-,14-,15+/m1/s1. The van der Waals surface area contributed by atoms with Crippen molar-refractivity contribution < 1.29 is 9.84 Å². The van der Waals surface area contributed by atoms with Crippen LogP contribution in [0, 0.1) is 12.8 Å². The largest absolute Gasteiger partial charge is 0.390 e. The lowest BCUT2D eigenvalue weighted by molar-refractivity contribution is 0.111. The molecule has 19 heavy (non-hydrogen) atoms. The fourth-order valence-electron chi connectivity index (χ4n) is 3.34. The second kappa shape index (κ2) is 3.92. The Balaban J connectivity index is 1.90. The second-order valence-electron chi connectivity index (χ2n) is 5.49. The van der Waals surface area contributed by atoms with Gasteiger partial charge in [0, 0.05) is 11.5 Å². The molecular formula is C15H16N2O2. The quantitative estimate of drug-likeness (QED) is 0.846. The predicted molar refractivity (Wildman–Crippen MR) is 70.9 cm³/mol. The van der Waals surface area contributed by atoms with Crippen LogP contribution in [0.5, 0.6) is 0 Å². The number of benzene rings is 1. The number of aliphatic hydroxyl groups excluding tert-OH is 1. The summed E-state index contributed by atoms with van der Waals surface area (Å²) in [6.45, 7) is 3.15. The summed E-state index contributed by atoms with van der Waals surface area (Å²) >= 11 is 0. The SMILES string of the molecule is Cc1ccc2c(c1)[C@@H]([C@@H]1COC[C@H]1O)n1cncc1-2. The number of fused-ring (bicyclic) bond motifs is 3. The summed E-state index contributed by atoms with van der Waals surface area (Å²) in [6, 6.07) is 6.64. The van der Waals surface area contributed by atoms with Crippen molar-refractivity contribution in [2.75, 3.05) is 13.2 Å². The number of aliphatic hydroxyl groups is 1. The van der Waals surface area contributed by atoms with Crippen molar-refractivity contribution >= 4 is 0 Å². The summed E-state index contributed by atoms with van der Waals surface area (Å²) in [4.78, 5) is 4.25. The molecule has 1 N–H and O–H groups in total. The third kappa shape index (κ3) is 1.50. The Morgan fingerprint density at radius 3 is 3.05 bits per heavy atom. The molecule has 2 aliphatic rings. The van der Waals surface area contributed by atoms with Crippen LogP contribution in [-0.4, -0.2) is 34.0 Å². The number of aromatic nitrogens is 2. The van der Waals surface area contributed by atoms with Gasteiger partial charge in [-0.15, -0.1) is 0 Å². The van der Waals surface area contributed by atoms with Crippen molar-refractivity contribution in [3.8, 4) is 11.3 Å². The van der Waals surface area contributed by atoms with Gasteiger partial charge in [-0.25, -0.2) is 4.98 Å². The molecule has 0 spiro atoms. The van der Waals surface area contributed by atoms with E-state index < -0.39 is 6.10 Å². The van der Waals surface area contributed by atoms with Crippen LogP contribution >= 0.6 is 0 Å². The maximum Gasteiger partial charge on any atom is 0.0956 e. The molecule has 0 bridgehead atoms. The van der Waals surface area contributed by atoms with Gasteiger partial charge in [0.1, 0.15) is 0 Å². The van der Waals surface area contributed by atoms with Crippen LogP contribution in [-0.2, 0) is 4.74 Å². The zero-order valence-electron chi connectivity index (χ0n) is 10.8. The fourth-order valence-corrected chi connectivity index (χ4v) is 3.34. The number of rotatable bonds is 1. The molecule has 4 heteroatoms. The predicted octanol–water partition coefficient (Wildman–Crippen LogP) is 1.77. The minimum absolute atomic E-state index is 0.107. The molecule has 1 saturated heterocycles. The van der Waals surface area contributed by atoms with E-state index in [1.165, 1.54) is 16.7 Å². The highest BCUT2D eigenvalue weighted by Gasteiger charge is 2.40. The minimum atomic E-state index is -0.397. The molecule has 4 nitrogen and oxygen atoms in total. The van der Waals surface area contributed by atoms with Crippen molar-refractivity contribution in [3.63, 3.8) is 0 Å². The van der Waals surface area contributed by atoms with E-state index in [-0.39, 0.29) is 12.0 Å². The van der Waals surface area contributed by atoms with E-state index in [0.717, 1.165) is 5.69 Å². The number of hydrogen-bond donors (Lipinski definition) is 1. The van der Waals surface area contributed by atoms with Gasteiger partial charge < -0.3 is 14.4 Å². The van der Waals surface area contributed by atoms with E-state index in [0.29, 0.717) is 13.2 Å². The van der Waals surface area contributed by atoms with E-state index in [2.05, 4.69) is 34.7 Å². The first kappa shape index (κ1) is 11.2. The van der Waals surface area contributed by atoms with E-state index in [4.69, 9.17) is 4.74 Å². The summed E-state index contributed by atoms with van der Waals surface area (Å²) in [5, 5.41) is 10.1. The lowest BCUT2D eigenvalue weighted by Crippen LogP contribution is -2.27. The van der Waals surface area contributed by atoms with Gasteiger partial charge in [0.05, 0.1) is 43.6 Å². The molecule has 98 valence electrons. The van der Waals surface area contributed by atoms with Crippen molar-refractivity contribution in [2.24, 2.45) is 5.92 Å². The Labute approximate surface area is 111 Å². The third-order valence-corrected chi connectivity index (χ3v) is 4.27. The molecule has 1 aromatic heterocycles. The van der Waals surface area contributed by atoms with Crippen LogP contribution in [0.2, 0.25) is 0 Å². The van der Waals surface area contributed by atoms with Gasteiger partial charge in [0.2, 0.25) is 0 Å². The van der Waals surface area contributed by atoms with Crippen LogP contribution in [0.4, 0.5) is 0 Å². The molecule has 3 atom stereocenters. The summed E-state index contributed by atoms with van der Waals surface area (Å²) < 4.78 is 7.61. The minimum Gasteiger partial charge on any atom is -0.390 e. The molecule has 2 aliphatic heterocycles. The summed E-state index contributed by atoms with van der Waals surface area (Å²) in [5.74, 6) is 0.107. The van der Waals surface area contributed by atoms with Crippen LogP contribution in [0.15, 0.2) is 30.7 Å². The Morgan fingerprint density at radius 1 is 1.37 bits per heavy atom. The number of imidazole rings is 1. The topological polar surface area (TPSA) is 47.3 Å². The molecule has 3 heterocycles. The molecule has 0 unspecified atom stereocenters. The Morgan fingerprint density at radius 2 is 2.26 bits per heavy atom. The average molecular weight is 256 g/mol. The van der Waals surface area contributed by atoms with Crippen LogP contribution in [0.3, 0.4) is 0 Å². The van der Waals surface area contributed by atoms with Crippen molar-refractivity contribution in [2.45, 2.75) is 19.1 Å². The van der Waals surface area contributed by atoms with Gasteiger partial charge in [-0.2, -0.15) is 0 Å². The average Bonchev–Trinajstić information content (AvgIpc) is 3.05. The first-order chi connectivity index (χ1) is 9.25. The Hall–Kier alpha value is -1.65. The molecule has 4 rings (SSSR count). The monoisotopic (exact) mass is 256 g/mol. The summed E-state index contributed by atoms with van der Waals surface area (Å²) in [7, 11) is 0. The van der Waals surface area contributed by atoms with Crippen LogP contribution in [0.25, 0.3) is 11.3 Å². The highest BCUT2D eigenvalue weighted by Crippen LogP contribution is 2.45. The molecule has 2 aromatic rings. The maximum atomic E-state index is 10.1. The maximum absolute atomic E-state index is 10.1. The van der Waals surface area contributed by atoms with Gasteiger partial charge >= 0.3 is 0 Å². The second-order valence-corrected chi connectivity index (χ2v) is 5.49. The molecular weight excluding hydrogens is 240 g/mol. The summed E-state index contributed by atoms with van der Waals surface area (Å²) in [6.07, 6.45) is 3.36. The normalized spacial score (nSPS) is 28.4. The molecule has 0 aliphatic carbocycles. The first-order valence-electron chi connectivity index (χ1n) is 6.64. The lowest BCUT2D eigenvalue weighted by atomic mass is 9.89. The number of nitrogens with zero attached hydrogens (tertiary/aromatic N) is 2. The zero-order chi connectivity index (χ0) is 13.0. The lowest BCUT2D eigenvalue weighted by Gasteiger charge is -2.23. The van der Waals surface area contributed by atoms with Crippen molar-refractivity contribution in [3.05, 3.63) is 41.9 Å². The van der Waals surface area contributed by atoms with E-state index in [9.17, 15) is 5.11 Å². The van der Waals surface area contributed by atoms with Crippen LogP contribution in [0.1, 0.15) is 17.2 Å². The van der Waals surface area contributed by atoms with Gasteiger partial charge in [-0.3, -0.25) is 0 Å². The number of ether oxygens (including phenoxy) is 1. The first-order valence-corrected chi connectivity index (χ1v) is 6.64. The van der Waals surface area contributed by atoms with Crippen molar-refractivity contribution in [1.82, 2.24) is 9.55 Å². The van der Waals surface area contributed by atoms with E-state index in [1.54, 1.807) is 0 Å². The zero-order valence-corrected chi connectivity index (χ0v) is 10.8. The number of aryl methyl sites for hydroxylation is 1. The third-order valence-electron chi connectivity index (χ3n) is 4.27. The fraction of sp³-hybridized carbons (Fsp3) is 0.400. The van der Waals surface area contributed by atoms with Gasteiger partial charge in [0.15, 0.2) is 0 Å². The van der Waals surface area contributed by atoms with Gasteiger partial charge in [-0.05, 0) is 12.5 Å². The number of hydrogen-bond acceptors (Lipinski definition) is 3. The smallest absolute Gasteiger partial charge is 0.0956 e. The Kier molecular flexibility index (Phi) is 2.31. The molecule has 1 aromatic carbocycles. The highest BCUT2D eigenvalue weighted by molar-refractivity contribution is 5.69. The van der Waals surface area contributed by atoms with Gasteiger partial charge in [-0.1, -0.05) is 23.8 Å². The van der Waals surface area contributed by atoms with E-state index >= 15 is 0 Å². The molecule has 1 fully saturated rings.